The summed E-state index contributed by atoms with van der Waals surface area (Å²) < 4.78 is 0. The number of hydrogen-bond acceptors (Lipinski definition) is 2. The van der Waals surface area contributed by atoms with E-state index in [0.717, 1.165) is 0 Å². The maximum atomic E-state index is 12.2. The normalized spacial score (nSPS) is 24.7. The molecule has 0 bridgehead atoms. The lowest BCUT2D eigenvalue weighted by Gasteiger charge is -2.16. The van der Waals surface area contributed by atoms with E-state index in [-0.39, 0.29) is 17.2 Å². The molecule has 0 aliphatic heterocycles. The molecule has 3 heteroatoms. The predicted molar refractivity (Wildman–Crippen MR) is 68.1 cm³/mol. The first-order chi connectivity index (χ1) is 7.82. The number of rotatable bonds is 4. The van der Waals surface area contributed by atoms with Crippen LogP contribution in [-0.2, 0) is 4.79 Å². The zero-order chi connectivity index (χ0) is 13.2. The van der Waals surface area contributed by atoms with Crippen molar-refractivity contribution in [1.82, 2.24) is 4.90 Å². The van der Waals surface area contributed by atoms with E-state index in [9.17, 15) is 4.79 Å². The van der Waals surface area contributed by atoms with Crippen molar-refractivity contribution < 1.29 is 4.79 Å². The van der Waals surface area contributed by atoms with Crippen LogP contribution in [-0.4, -0.2) is 24.4 Å². The Kier molecular flexibility index (Phi) is 3.98. The fraction of sp³-hybridized carbons (Fsp3) is 0.714. The van der Waals surface area contributed by atoms with E-state index in [0.29, 0.717) is 18.9 Å². The molecule has 17 heavy (non-hydrogen) atoms. The molecule has 1 aliphatic rings. The summed E-state index contributed by atoms with van der Waals surface area (Å²) in [6, 6.07) is 2.07. The molecule has 2 atom stereocenters. The SMILES string of the molecule is CC(C)=C[C@@H]1[C@@H](C(=O)N(C)CCC#N)C1(C)C. The molecular weight excluding hydrogens is 212 g/mol. The Hall–Kier alpha value is -1.30. The van der Waals surface area contributed by atoms with E-state index < -0.39 is 0 Å². The fourth-order valence-corrected chi connectivity index (χ4v) is 2.38. The molecule has 0 spiro atoms. The Balaban J connectivity index is 2.66. The van der Waals surface area contributed by atoms with Crippen molar-refractivity contribution in [3.8, 4) is 6.07 Å². The van der Waals surface area contributed by atoms with Gasteiger partial charge in [-0.2, -0.15) is 5.26 Å². The lowest BCUT2D eigenvalue weighted by Crippen LogP contribution is -2.30. The highest BCUT2D eigenvalue weighted by molar-refractivity contribution is 5.83. The molecule has 0 saturated heterocycles. The molecule has 0 aromatic rings. The van der Waals surface area contributed by atoms with Crippen LogP contribution in [0.5, 0.6) is 0 Å². The summed E-state index contributed by atoms with van der Waals surface area (Å²) in [5, 5.41) is 8.53. The van der Waals surface area contributed by atoms with Gasteiger partial charge in [0.2, 0.25) is 5.91 Å². The number of carbonyl (C=O) groups excluding carboxylic acids is 1. The Labute approximate surface area is 104 Å². The molecule has 1 amide bonds. The van der Waals surface area contributed by atoms with Crippen molar-refractivity contribution in [2.45, 2.75) is 34.1 Å². The van der Waals surface area contributed by atoms with Crippen LogP contribution < -0.4 is 0 Å². The summed E-state index contributed by atoms with van der Waals surface area (Å²) in [4.78, 5) is 13.9. The number of hydrogen-bond donors (Lipinski definition) is 0. The van der Waals surface area contributed by atoms with Gasteiger partial charge in [-0.15, -0.1) is 0 Å². The van der Waals surface area contributed by atoms with E-state index in [4.69, 9.17) is 5.26 Å². The second-order valence-electron chi connectivity index (χ2n) is 5.74. The zero-order valence-electron chi connectivity index (χ0n) is 11.4. The third-order valence-corrected chi connectivity index (χ3v) is 3.62. The lowest BCUT2D eigenvalue weighted by molar-refractivity contribution is -0.132. The monoisotopic (exact) mass is 234 g/mol. The molecule has 1 aliphatic carbocycles. The smallest absolute Gasteiger partial charge is 0.226 e. The summed E-state index contributed by atoms with van der Waals surface area (Å²) >= 11 is 0. The Morgan fingerprint density at radius 3 is 2.53 bits per heavy atom. The first-order valence-electron chi connectivity index (χ1n) is 6.09. The molecule has 1 fully saturated rings. The number of nitrogens with zero attached hydrogens (tertiary/aromatic N) is 2. The van der Waals surface area contributed by atoms with Crippen molar-refractivity contribution in [3.63, 3.8) is 0 Å². The highest BCUT2D eigenvalue weighted by Crippen LogP contribution is 2.59. The van der Waals surface area contributed by atoms with Gasteiger partial charge in [0, 0.05) is 13.6 Å². The Morgan fingerprint density at radius 1 is 1.47 bits per heavy atom. The first-order valence-corrected chi connectivity index (χ1v) is 6.09. The van der Waals surface area contributed by atoms with Gasteiger partial charge in [-0.1, -0.05) is 25.5 Å². The molecule has 0 aromatic carbocycles. The minimum absolute atomic E-state index is 0.0647. The molecule has 0 heterocycles. The Morgan fingerprint density at radius 2 is 2.06 bits per heavy atom. The van der Waals surface area contributed by atoms with Crippen molar-refractivity contribution >= 4 is 5.91 Å². The maximum Gasteiger partial charge on any atom is 0.226 e. The van der Waals surface area contributed by atoms with E-state index in [2.05, 4.69) is 39.8 Å². The molecule has 0 unspecified atom stereocenters. The van der Waals surface area contributed by atoms with Crippen molar-refractivity contribution in [2.24, 2.45) is 17.3 Å². The standard InChI is InChI=1S/C14H22N2O/c1-10(2)9-11-12(14(11,3)4)13(17)16(5)8-6-7-15/h9,11-12H,6,8H2,1-5H3/t11-,12+/m1/s1. The van der Waals surface area contributed by atoms with Gasteiger partial charge in [-0.25, -0.2) is 0 Å². The quantitative estimate of drug-likeness (QED) is 0.702. The van der Waals surface area contributed by atoms with Gasteiger partial charge in [0.15, 0.2) is 0 Å². The summed E-state index contributed by atoms with van der Waals surface area (Å²) in [5.74, 6) is 0.610. The summed E-state index contributed by atoms with van der Waals surface area (Å²) in [6.07, 6.45) is 2.60. The van der Waals surface area contributed by atoms with Crippen molar-refractivity contribution in [2.75, 3.05) is 13.6 Å². The molecule has 94 valence electrons. The van der Waals surface area contributed by atoms with Crippen LogP contribution in [0.25, 0.3) is 0 Å². The van der Waals surface area contributed by atoms with Crippen molar-refractivity contribution in [3.05, 3.63) is 11.6 Å². The predicted octanol–water partition coefficient (Wildman–Crippen LogP) is 2.60. The zero-order valence-corrected chi connectivity index (χ0v) is 11.4. The van der Waals surface area contributed by atoms with E-state index in [1.807, 2.05) is 0 Å². The van der Waals surface area contributed by atoms with Gasteiger partial charge in [0.25, 0.3) is 0 Å². The molecule has 1 saturated carbocycles. The van der Waals surface area contributed by atoms with E-state index in [1.54, 1.807) is 11.9 Å². The van der Waals surface area contributed by atoms with Gasteiger partial charge in [-0.05, 0) is 25.2 Å². The molecule has 0 aromatic heterocycles. The number of allylic oxidation sites excluding steroid dienone is 2. The minimum atomic E-state index is 0.0647. The lowest BCUT2D eigenvalue weighted by atomic mass is 10.1. The molecule has 1 rings (SSSR count). The second kappa shape index (κ2) is 4.91. The van der Waals surface area contributed by atoms with E-state index >= 15 is 0 Å². The van der Waals surface area contributed by atoms with Gasteiger partial charge in [0.1, 0.15) is 0 Å². The largest absolute Gasteiger partial charge is 0.344 e. The maximum absolute atomic E-state index is 12.2. The topological polar surface area (TPSA) is 44.1 Å². The van der Waals surface area contributed by atoms with Crippen LogP contribution in [0.2, 0.25) is 0 Å². The van der Waals surface area contributed by atoms with Crippen LogP contribution in [0.3, 0.4) is 0 Å². The molecule has 0 radical (unpaired) electrons. The number of amides is 1. The van der Waals surface area contributed by atoms with Crippen LogP contribution in [0, 0.1) is 28.6 Å². The van der Waals surface area contributed by atoms with Crippen LogP contribution in [0.1, 0.15) is 34.1 Å². The highest BCUT2D eigenvalue weighted by atomic mass is 16.2. The summed E-state index contributed by atoms with van der Waals surface area (Å²) in [6.45, 7) is 8.93. The Bertz CT molecular complexity index is 372. The van der Waals surface area contributed by atoms with E-state index in [1.165, 1.54) is 5.57 Å². The van der Waals surface area contributed by atoms with Gasteiger partial charge in [-0.3, -0.25) is 4.79 Å². The number of carbonyl (C=O) groups is 1. The third kappa shape index (κ3) is 2.88. The van der Waals surface area contributed by atoms with Gasteiger partial charge < -0.3 is 4.90 Å². The fourth-order valence-electron chi connectivity index (χ4n) is 2.38. The van der Waals surface area contributed by atoms with Crippen molar-refractivity contribution in [1.29, 1.82) is 5.26 Å². The average Bonchev–Trinajstić information content (AvgIpc) is 2.75. The second-order valence-corrected chi connectivity index (χ2v) is 5.74. The molecular formula is C14H22N2O. The average molecular weight is 234 g/mol. The highest BCUT2D eigenvalue weighted by Gasteiger charge is 2.60. The molecule has 0 N–H and O–H groups in total. The van der Waals surface area contributed by atoms with Crippen LogP contribution in [0.4, 0.5) is 0 Å². The first kappa shape index (κ1) is 13.8. The minimum Gasteiger partial charge on any atom is -0.344 e. The van der Waals surface area contributed by atoms with Crippen LogP contribution >= 0.6 is 0 Å². The molecule has 3 nitrogen and oxygen atoms in total. The summed E-state index contributed by atoms with van der Waals surface area (Å²) in [7, 11) is 1.79. The third-order valence-electron chi connectivity index (χ3n) is 3.62. The van der Waals surface area contributed by atoms with Crippen LogP contribution in [0.15, 0.2) is 11.6 Å². The number of nitriles is 1. The summed E-state index contributed by atoms with van der Waals surface area (Å²) in [5.41, 5.74) is 1.33. The van der Waals surface area contributed by atoms with Gasteiger partial charge in [0.05, 0.1) is 18.4 Å². The van der Waals surface area contributed by atoms with Gasteiger partial charge >= 0.3 is 0 Å².